The van der Waals surface area contributed by atoms with Gasteiger partial charge in [-0.05, 0) is 52.0 Å². The number of amides is 1. The van der Waals surface area contributed by atoms with Crippen molar-refractivity contribution in [1.82, 2.24) is 10.6 Å². The number of carbonyl (C=O) groups is 1. The molecule has 0 heterocycles. The second-order valence-electron chi connectivity index (χ2n) is 7.90. The SMILES string of the molecule is Cc1cccc(CNC(CNC(=O)OC(C)(C)C)C2CCCC2)c1. The highest BCUT2D eigenvalue weighted by Crippen LogP contribution is 2.27. The lowest BCUT2D eigenvalue weighted by molar-refractivity contribution is 0.0518. The summed E-state index contributed by atoms with van der Waals surface area (Å²) in [6, 6.07) is 8.85. The van der Waals surface area contributed by atoms with E-state index in [1.807, 2.05) is 20.8 Å². The maximum absolute atomic E-state index is 11.9. The summed E-state index contributed by atoms with van der Waals surface area (Å²) in [4.78, 5) is 11.9. The van der Waals surface area contributed by atoms with E-state index in [2.05, 4.69) is 41.8 Å². The predicted molar refractivity (Wildman–Crippen MR) is 98.0 cm³/mol. The van der Waals surface area contributed by atoms with Crippen molar-refractivity contribution in [1.29, 1.82) is 0 Å². The maximum Gasteiger partial charge on any atom is 0.407 e. The molecule has 1 saturated carbocycles. The van der Waals surface area contributed by atoms with Gasteiger partial charge in [-0.15, -0.1) is 0 Å². The van der Waals surface area contributed by atoms with Crippen LogP contribution in [0.2, 0.25) is 0 Å². The highest BCUT2D eigenvalue weighted by atomic mass is 16.6. The van der Waals surface area contributed by atoms with Crippen LogP contribution in [-0.4, -0.2) is 24.3 Å². The molecule has 4 heteroatoms. The molecule has 24 heavy (non-hydrogen) atoms. The van der Waals surface area contributed by atoms with Crippen LogP contribution in [0, 0.1) is 12.8 Å². The number of aryl methyl sites for hydroxylation is 1. The molecule has 0 spiro atoms. The molecule has 0 aliphatic heterocycles. The Morgan fingerprint density at radius 1 is 1.29 bits per heavy atom. The van der Waals surface area contributed by atoms with Crippen LogP contribution in [0.1, 0.15) is 57.6 Å². The first-order valence-electron chi connectivity index (χ1n) is 9.09. The molecule has 1 atom stereocenters. The van der Waals surface area contributed by atoms with Crippen molar-refractivity contribution >= 4 is 6.09 Å². The van der Waals surface area contributed by atoms with Gasteiger partial charge >= 0.3 is 6.09 Å². The molecule has 1 unspecified atom stereocenters. The van der Waals surface area contributed by atoms with E-state index >= 15 is 0 Å². The van der Waals surface area contributed by atoms with Gasteiger partial charge in [0, 0.05) is 19.1 Å². The number of hydrogen-bond donors (Lipinski definition) is 2. The molecule has 1 aromatic carbocycles. The average Bonchev–Trinajstić information content (AvgIpc) is 2.99. The molecule has 134 valence electrons. The fraction of sp³-hybridized carbons (Fsp3) is 0.650. The zero-order chi connectivity index (χ0) is 17.6. The summed E-state index contributed by atoms with van der Waals surface area (Å²) in [7, 11) is 0. The summed E-state index contributed by atoms with van der Waals surface area (Å²) in [6.45, 7) is 9.22. The number of nitrogens with one attached hydrogen (secondary N) is 2. The Hall–Kier alpha value is -1.55. The van der Waals surface area contributed by atoms with Gasteiger partial charge in [-0.1, -0.05) is 42.7 Å². The zero-order valence-electron chi connectivity index (χ0n) is 15.5. The third kappa shape index (κ3) is 6.52. The third-order valence-corrected chi connectivity index (χ3v) is 4.48. The summed E-state index contributed by atoms with van der Waals surface area (Å²) < 4.78 is 5.35. The van der Waals surface area contributed by atoms with E-state index < -0.39 is 5.60 Å². The van der Waals surface area contributed by atoms with E-state index in [-0.39, 0.29) is 6.09 Å². The minimum atomic E-state index is -0.456. The van der Waals surface area contributed by atoms with Gasteiger partial charge in [0.05, 0.1) is 0 Å². The molecule has 0 saturated heterocycles. The fourth-order valence-corrected chi connectivity index (χ4v) is 3.34. The fourth-order valence-electron chi connectivity index (χ4n) is 3.34. The number of hydrogen-bond acceptors (Lipinski definition) is 3. The van der Waals surface area contributed by atoms with E-state index in [0.717, 1.165) is 6.54 Å². The Kier molecular flexibility index (Phi) is 6.67. The van der Waals surface area contributed by atoms with Crippen LogP contribution >= 0.6 is 0 Å². The minimum absolute atomic E-state index is 0.292. The summed E-state index contributed by atoms with van der Waals surface area (Å²) in [5.41, 5.74) is 2.11. The van der Waals surface area contributed by atoms with Crippen molar-refractivity contribution in [3.05, 3.63) is 35.4 Å². The lowest BCUT2D eigenvalue weighted by Gasteiger charge is -2.26. The first-order chi connectivity index (χ1) is 11.3. The van der Waals surface area contributed by atoms with E-state index in [4.69, 9.17) is 4.74 Å². The molecular weight excluding hydrogens is 300 g/mol. The molecule has 0 bridgehead atoms. The topological polar surface area (TPSA) is 50.4 Å². The van der Waals surface area contributed by atoms with Crippen LogP contribution in [0.15, 0.2) is 24.3 Å². The van der Waals surface area contributed by atoms with Gasteiger partial charge in [-0.25, -0.2) is 4.79 Å². The van der Waals surface area contributed by atoms with Gasteiger partial charge < -0.3 is 15.4 Å². The average molecular weight is 332 g/mol. The Labute approximate surface area is 146 Å². The molecule has 4 nitrogen and oxygen atoms in total. The Morgan fingerprint density at radius 3 is 2.62 bits per heavy atom. The van der Waals surface area contributed by atoms with Crippen LogP contribution in [0.4, 0.5) is 4.79 Å². The molecule has 0 radical (unpaired) electrons. The third-order valence-electron chi connectivity index (χ3n) is 4.48. The monoisotopic (exact) mass is 332 g/mol. The molecular formula is C20H32N2O2. The smallest absolute Gasteiger partial charge is 0.407 e. The van der Waals surface area contributed by atoms with Gasteiger partial charge in [0.15, 0.2) is 0 Å². The number of ether oxygens (including phenoxy) is 1. The summed E-state index contributed by atoms with van der Waals surface area (Å²) in [5, 5.41) is 6.59. The molecule has 2 rings (SSSR count). The standard InChI is InChI=1S/C20H32N2O2/c1-15-8-7-9-16(12-15)13-21-18(17-10-5-6-11-17)14-22-19(23)24-20(2,3)4/h7-9,12,17-18,21H,5-6,10-11,13-14H2,1-4H3,(H,22,23). The van der Waals surface area contributed by atoms with Gasteiger partial charge in [0.2, 0.25) is 0 Å². The van der Waals surface area contributed by atoms with Crippen molar-refractivity contribution in [3.63, 3.8) is 0 Å². The molecule has 1 fully saturated rings. The van der Waals surface area contributed by atoms with Crippen LogP contribution in [0.5, 0.6) is 0 Å². The summed E-state index contributed by atoms with van der Waals surface area (Å²) in [5.74, 6) is 0.629. The van der Waals surface area contributed by atoms with Gasteiger partial charge in [0.25, 0.3) is 0 Å². The van der Waals surface area contributed by atoms with Crippen molar-refractivity contribution in [2.75, 3.05) is 6.54 Å². The Balaban J connectivity index is 1.88. The van der Waals surface area contributed by atoms with Crippen LogP contribution < -0.4 is 10.6 Å². The van der Waals surface area contributed by atoms with Crippen molar-refractivity contribution in [2.45, 2.75) is 71.6 Å². The Morgan fingerprint density at radius 2 is 2.00 bits per heavy atom. The van der Waals surface area contributed by atoms with E-state index in [1.165, 1.54) is 36.8 Å². The molecule has 1 amide bonds. The molecule has 0 aromatic heterocycles. The highest BCUT2D eigenvalue weighted by Gasteiger charge is 2.26. The lowest BCUT2D eigenvalue weighted by Crippen LogP contribution is -2.45. The Bertz CT molecular complexity index is 531. The van der Waals surface area contributed by atoms with Gasteiger partial charge in [0.1, 0.15) is 5.60 Å². The highest BCUT2D eigenvalue weighted by molar-refractivity contribution is 5.67. The number of carbonyl (C=O) groups excluding carboxylic acids is 1. The van der Waals surface area contributed by atoms with Crippen molar-refractivity contribution in [3.8, 4) is 0 Å². The normalized spacial score (nSPS) is 16.8. The van der Waals surface area contributed by atoms with E-state index in [1.54, 1.807) is 0 Å². The number of benzene rings is 1. The summed E-state index contributed by atoms with van der Waals surface area (Å²) in [6.07, 6.45) is 4.73. The number of alkyl carbamates (subject to hydrolysis) is 1. The van der Waals surface area contributed by atoms with Crippen LogP contribution in [0.3, 0.4) is 0 Å². The molecule has 2 N–H and O–H groups in total. The first kappa shape index (κ1) is 18.8. The summed E-state index contributed by atoms with van der Waals surface area (Å²) >= 11 is 0. The van der Waals surface area contributed by atoms with Gasteiger partial charge in [-0.2, -0.15) is 0 Å². The second-order valence-corrected chi connectivity index (χ2v) is 7.90. The largest absolute Gasteiger partial charge is 0.444 e. The molecule has 1 aliphatic carbocycles. The lowest BCUT2D eigenvalue weighted by atomic mass is 9.97. The number of rotatable bonds is 6. The second kappa shape index (κ2) is 8.52. The first-order valence-corrected chi connectivity index (χ1v) is 9.09. The van der Waals surface area contributed by atoms with Crippen molar-refractivity contribution < 1.29 is 9.53 Å². The molecule has 1 aromatic rings. The van der Waals surface area contributed by atoms with E-state index in [0.29, 0.717) is 18.5 Å². The predicted octanol–water partition coefficient (Wildman–Crippen LogP) is 4.17. The van der Waals surface area contributed by atoms with Crippen LogP contribution in [0.25, 0.3) is 0 Å². The minimum Gasteiger partial charge on any atom is -0.444 e. The zero-order valence-corrected chi connectivity index (χ0v) is 15.5. The van der Waals surface area contributed by atoms with Crippen LogP contribution in [-0.2, 0) is 11.3 Å². The van der Waals surface area contributed by atoms with Crippen molar-refractivity contribution in [2.24, 2.45) is 5.92 Å². The maximum atomic E-state index is 11.9. The quantitative estimate of drug-likeness (QED) is 0.822. The van der Waals surface area contributed by atoms with Gasteiger partial charge in [-0.3, -0.25) is 0 Å². The van der Waals surface area contributed by atoms with E-state index in [9.17, 15) is 4.79 Å². The molecule has 1 aliphatic rings.